The monoisotopic (exact) mass is 492 g/mol. The van der Waals surface area contributed by atoms with Crippen LogP contribution in [0, 0.1) is 17.3 Å². The fourth-order valence-electron chi connectivity index (χ4n) is 6.84. The third-order valence-corrected chi connectivity index (χ3v) is 8.34. The molecule has 194 valence electrons. The number of amides is 2. The Bertz CT molecular complexity index is 1070. The van der Waals surface area contributed by atoms with E-state index < -0.39 is 6.10 Å². The first-order chi connectivity index (χ1) is 17.2. The topological polar surface area (TPSA) is 70.1 Å². The highest BCUT2D eigenvalue weighted by molar-refractivity contribution is 6.25. The summed E-state index contributed by atoms with van der Waals surface area (Å²) in [6.45, 7) is 10.1. The third kappa shape index (κ3) is 5.36. The van der Waals surface area contributed by atoms with Gasteiger partial charge in [0, 0.05) is 29.6 Å². The van der Waals surface area contributed by atoms with Gasteiger partial charge in [0.05, 0.1) is 18.8 Å². The number of benzene rings is 2. The van der Waals surface area contributed by atoms with Gasteiger partial charge in [-0.2, -0.15) is 0 Å². The van der Waals surface area contributed by atoms with Gasteiger partial charge in [0.1, 0.15) is 0 Å². The van der Waals surface area contributed by atoms with Gasteiger partial charge in [-0.05, 0) is 80.0 Å². The molecular formula is C30H40N2O4. The summed E-state index contributed by atoms with van der Waals surface area (Å²) in [4.78, 5) is 30.2. The Kier molecular flexibility index (Phi) is 7.21. The van der Waals surface area contributed by atoms with Gasteiger partial charge in [-0.25, -0.2) is 0 Å². The molecule has 2 amide bonds. The fourth-order valence-corrected chi connectivity index (χ4v) is 6.84. The highest BCUT2D eigenvalue weighted by Gasteiger charge is 2.35. The van der Waals surface area contributed by atoms with E-state index in [0.717, 1.165) is 49.5 Å². The van der Waals surface area contributed by atoms with Crippen molar-refractivity contribution >= 4 is 22.6 Å². The van der Waals surface area contributed by atoms with Crippen molar-refractivity contribution in [3.63, 3.8) is 0 Å². The zero-order chi connectivity index (χ0) is 25.4. The summed E-state index contributed by atoms with van der Waals surface area (Å²) < 4.78 is 6.13. The number of rotatable bonds is 7. The standard InChI is InChI=1S/C30H40N2O4/c1-20-14-24(16-30(2,3)15-20)36-19-23(33)18-31-12-10-21(11-13-31)17-32-28(34)25-8-4-6-22-7-5-9-26(27(22)25)29(32)35/h4-9,20-21,23-24,33H,10-19H2,1-3H3/t20-,23-,24+/m1/s1. The van der Waals surface area contributed by atoms with Crippen LogP contribution in [0.5, 0.6) is 0 Å². The van der Waals surface area contributed by atoms with Crippen LogP contribution in [-0.4, -0.2) is 71.7 Å². The van der Waals surface area contributed by atoms with Crippen LogP contribution in [0.4, 0.5) is 0 Å². The number of hydrogen-bond donors (Lipinski definition) is 1. The van der Waals surface area contributed by atoms with Gasteiger partial charge in [-0.15, -0.1) is 0 Å². The average Bonchev–Trinajstić information content (AvgIpc) is 2.83. The molecule has 6 heteroatoms. The van der Waals surface area contributed by atoms with Gasteiger partial charge in [0.2, 0.25) is 0 Å². The molecule has 36 heavy (non-hydrogen) atoms. The number of piperidine rings is 1. The number of likely N-dealkylation sites (tertiary alicyclic amines) is 1. The summed E-state index contributed by atoms with van der Waals surface area (Å²) >= 11 is 0. The number of hydrogen-bond acceptors (Lipinski definition) is 5. The Morgan fingerprint density at radius 1 is 1.03 bits per heavy atom. The van der Waals surface area contributed by atoms with Crippen LogP contribution < -0.4 is 0 Å². The molecule has 2 aromatic rings. The molecule has 0 aromatic heterocycles. The molecule has 2 fully saturated rings. The number of carbonyl (C=O) groups is 2. The molecule has 6 nitrogen and oxygen atoms in total. The molecule has 2 heterocycles. The number of carbonyl (C=O) groups excluding carboxylic acids is 2. The summed E-state index contributed by atoms with van der Waals surface area (Å²) in [5.41, 5.74) is 1.55. The molecule has 0 bridgehead atoms. The number of aliphatic hydroxyl groups excluding tert-OH is 1. The second-order valence-corrected chi connectivity index (χ2v) is 12.2. The van der Waals surface area contributed by atoms with E-state index in [9.17, 15) is 14.7 Å². The normalized spacial score (nSPS) is 25.9. The molecular weight excluding hydrogens is 452 g/mol. The quantitative estimate of drug-likeness (QED) is 0.566. The Balaban J connectivity index is 1.11. The van der Waals surface area contributed by atoms with Crippen LogP contribution in [0.2, 0.25) is 0 Å². The van der Waals surface area contributed by atoms with Crippen molar-refractivity contribution in [1.29, 1.82) is 0 Å². The molecule has 1 aliphatic carbocycles. The van der Waals surface area contributed by atoms with Gasteiger partial charge >= 0.3 is 0 Å². The SMILES string of the molecule is C[C@@H]1C[C@H](OC[C@H](O)CN2CCC(CN3C(=O)c4cccc5cccc(c45)C3=O)CC2)CC(C)(C)C1. The predicted octanol–water partition coefficient (Wildman–Crippen LogP) is 4.74. The number of ether oxygens (including phenoxy) is 1. The maximum absolute atomic E-state index is 13.2. The molecule has 1 saturated heterocycles. The lowest BCUT2D eigenvalue weighted by molar-refractivity contribution is -0.0628. The number of aliphatic hydroxyl groups is 1. The third-order valence-electron chi connectivity index (χ3n) is 8.34. The first kappa shape index (κ1) is 25.4. The van der Waals surface area contributed by atoms with Gasteiger partial charge in [-0.1, -0.05) is 45.0 Å². The fraction of sp³-hybridized carbons (Fsp3) is 0.600. The first-order valence-electron chi connectivity index (χ1n) is 13.6. The first-order valence-corrected chi connectivity index (χ1v) is 13.6. The van der Waals surface area contributed by atoms with Crippen LogP contribution in [0.1, 0.15) is 73.6 Å². The minimum absolute atomic E-state index is 0.181. The lowest BCUT2D eigenvalue weighted by Crippen LogP contribution is -2.46. The van der Waals surface area contributed by atoms with Crippen molar-refractivity contribution in [2.45, 2.75) is 65.1 Å². The van der Waals surface area contributed by atoms with E-state index in [1.165, 1.54) is 11.3 Å². The Morgan fingerprint density at radius 2 is 1.67 bits per heavy atom. The molecule has 0 unspecified atom stereocenters. The second kappa shape index (κ2) is 10.2. The van der Waals surface area contributed by atoms with Crippen molar-refractivity contribution in [2.75, 3.05) is 32.8 Å². The minimum Gasteiger partial charge on any atom is -0.389 e. The van der Waals surface area contributed by atoms with Gasteiger partial charge in [0.15, 0.2) is 0 Å². The zero-order valence-electron chi connectivity index (χ0n) is 21.9. The molecule has 5 rings (SSSR count). The summed E-state index contributed by atoms with van der Waals surface area (Å²) in [5.74, 6) is 0.576. The zero-order valence-corrected chi connectivity index (χ0v) is 21.9. The van der Waals surface area contributed by atoms with Crippen LogP contribution in [0.3, 0.4) is 0 Å². The van der Waals surface area contributed by atoms with E-state index in [0.29, 0.717) is 42.2 Å². The van der Waals surface area contributed by atoms with Crippen LogP contribution in [0.15, 0.2) is 36.4 Å². The summed E-state index contributed by atoms with van der Waals surface area (Å²) in [6, 6.07) is 11.3. The Hall–Kier alpha value is -2.28. The summed E-state index contributed by atoms with van der Waals surface area (Å²) in [7, 11) is 0. The van der Waals surface area contributed by atoms with Crippen molar-refractivity contribution in [3.05, 3.63) is 47.5 Å². The molecule has 1 N–H and O–H groups in total. The average molecular weight is 493 g/mol. The molecule has 3 aliphatic rings. The van der Waals surface area contributed by atoms with Crippen molar-refractivity contribution in [2.24, 2.45) is 17.3 Å². The molecule has 2 aromatic carbocycles. The van der Waals surface area contributed by atoms with Crippen LogP contribution in [-0.2, 0) is 4.74 Å². The van der Waals surface area contributed by atoms with Crippen molar-refractivity contribution in [1.82, 2.24) is 9.80 Å². The Morgan fingerprint density at radius 3 is 2.28 bits per heavy atom. The van der Waals surface area contributed by atoms with Crippen LogP contribution in [0.25, 0.3) is 10.8 Å². The van der Waals surface area contributed by atoms with Gasteiger partial charge < -0.3 is 14.7 Å². The maximum atomic E-state index is 13.2. The lowest BCUT2D eigenvalue weighted by atomic mass is 9.71. The number of β-amino-alcohol motifs (C(OH)–C–C–N with tert-alkyl or cyclic N) is 1. The highest BCUT2D eigenvalue weighted by atomic mass is 16.5. The molecule has 2 aliphatic heterocycles. The second-order valence-electron chi connectivity index (χ2n) is 12.2. The molecule has 3 atom stereocenters. The smallest absolute Gasteiger partial charge is 0.261 e. The van der Waals surface area contributed by atoms with Crippen LogP contribution >= 0.6 is 0 Å². The van der Waals surface area contributed by atoms with E-state index in [4.69, 9.17) is 4.74 Å². The van der Waals surface area contributed by atoms with Crippen molar-refractivity contribution < 1.29 is 19.4 Å². The van der Waals surface area contributed by atoms with Gasteiger partial charge in [0.25, 0.3) is 11.8 Å². The largest absolute Gasteiger partial charge is 0.389 e. The molecule has 1 saturated carbocycles. The summed E-state index contributed by atoms with van der Waals surface area (Å²) in [6.07, 6.45) is 4.93. The Labute approximate surface area is 214 Å². The summed E-state index contributed by atoms with van der Waals surface area (Å²) in [5, 5.41) is 12.3. The van der Waals surface area contributed by atoms with E-state index >= 15 is 0 Å². The lowest BCUT2D eigenvalue weighted by Gasteiger charge is -2.39. The predicted molar refractivity (Wildman–Crippen MR) is 141 cm³/mol. The van der Waals surface area contributed by atoms with E-state index in [-0.39, 0.29) is 23.8 Å². The van der Waals surface area contributed by atoms with Gasteiger partial charge in [-0.3, -0.25) is 14.5 Å². The maximum Gasteiger partial charge on any atom is 0.261 e. The van der Waals surface area contributed by atoms with E-state index in [1.54, 1.807) is 0 Å². The van der Waals surface area contributed by atoms with Crippen molar-refractivity contribution in [3.8, 4) is 0 Å². The minimum atomic E-state index is -0.496. The van der Waals surface area contributed by atoms with E-state index in [2.05, 4.69) is 25.7 Å². The number of imide groups is 1. The molecule has 0 spiro atoms. The molecule has 0 radical (unpaired) electrons. The van der Waals surface area contributed by atoms with E-state index in [1.807, 2.05) is 36.4 Å². The highest BCUT2D eigenvalue weighted by Crippen LogP contribution is 2.39. The number of nitrogens with zero attached hydrogens (tertiary/aromatic N) is 2.